The summed E-state index contributed by atoms with van der Waals surface area (Å²) in [6.45, 7) is 6.96. The number of benzene rings is 1. The van der Waals surface area contributed by atoms with E-state index in [9.17, 15) is 9.59 Å². The number of hydrogen-bond donors (Lipinski definition) is 1. The summed E-state index contributed by atoms with van der Waals surface area (Å²) >= 11 is 0. The smallest absolute Gasteiger partial charge is 0.336 e. The Labute approximate surface area is 169 Å². The van der Waals surface area contributed by atoms with E-state index < -0.39 is 6.10 Å². The highest BCUT2D eigenvalue weighted by Crippen LogP contribution is 2.29. The Balaban J connectivity index is 1.64. The van der Waals surface area contributed by atoms with E-state index in [1.54, 1.807) is 25.5 Å². The van der Waals surface area contributed by atoms with Crippen LogP contribution >= 0.6 is 0 Å². The molecule has 0 saturated heterocycles. The van der Waals surface area contributed by atoms with Crippen LogP contribution in [-0.4, -0.2) is 28.1 Å². The normalized spacial score (nSPS) is 12.1. The molecule has 2 heterocycles. The fraction of sp³-hybridized carbons (Fsp3) is 0.409. The van der Waals surface area contributed by atoms with Crippen LogP contribution in [0.2, 0.25) is 0 Å². The van der Waals surface area contributed by atoms with Crippen LogP contribution in [0.4, 0.5) is 0 Å². The maximum absolute atomic E-state index is 12.3. The van der Waals surface area contributed by atoms with Gasteiger partial charge in [0.05, 0.1) is 6.33 Å². The van der Waals surface area contributed by atoms with Gasteiger partial charge < -0.3 is 19.0 Å². The molecule has 1 atom stereocenters. The molecule has 0 radical (unpaired) electrons. The SMILES string of the molecule is CCCc1cc(=O)oc2c(C)c(O[C@@H](C)C(=O)NCCCn3ccnc3)ccc12. The van der Waals surface area contributed by atoms with Gasteiger partial charge in [0.15, 0.2) is 6.10 Å². The number of aromatic nitrogens is 2. The van der Waals surface area contributed by atoms with Crippen LogP contribution in [0.5, 0.6) is 5.75 Å². The molecule has 0 fully saturated rings. The van der Waals surface area contributed by atoms with Crippen molar-refractivity contribution in [3.05, 3.63) is 58.5 Å². The molecule has 1 amide bonds. The molecule has 7 nitrogen and oxygen atoms in total. The number of ether oxygens (including phenoxy) is 1. The summed E-state index contributed by atoms with van der Waals surface area (Å²) in [7, 11) is 0. The van der Waals surface area contributed by atoms with Gasteiger partial charge in [-0.2, -0.15) is 0 Å². The first-order chi connectivity index (χ1) is 14.0. The molecular formula is C22H27N3O4. The van der Waals surface area contributed by atoms with Crippen molar-refractivity contribution in [2.75, 3.05) is 6.54 Å². The molecule has 154 valence electrons. The minimum absolute atomic E-state index is 0.184. The lowest BCUT2D eigenvalue weighted by Gasteiger charge is -2.17. The number of carbonyl (C=O) groups is 1. The summed E-state index contributed by atoms with van der Waals surface area (Å²) in [6, 6.07) is 5.27. The van der Waals surface area contributed by atoms with Gasteiger partial charge in [0.1, 0.15) is 11.3 Å². The van der Waals surface area contributed by atoms with Crippen molar-refractivity contribution < 1.29 is 13.9 Å². The third kappa shape index (κ3) is 5.04. The zero-order chi connectivity index (χ0) is 20.8. The summed E-state index contributed by atoms with van der Waals surface area (Å²) in [4.78, 5) is 28.3. The number of fused-ring (bicyclic) bond motifs is 1. The average Bonchev–Trinajstić information content (AvgIpc) is 3.21. The van der Waals surface area contributed by atoms with E-state index in [1.165, 1.54) is 0 Å². The molecule has 0 bridgehead atoms. The molecule has 2 aromatic heterocycles. The summed E-state index contributed by atoms with van der Waals surface area (Å²) < 4.78 is 13.3. The third-order valence-electron chi connectivity index (χ3n) is 4.84. The Hall–Kier alpha value is -3.09. The zero-order valence-electron chi connectivity index (χ0n) is 17.1. The van der Waals surface area contributed by atoms with Gasteiger partial charge in [-0.3, -0.25) is 4.79 Å². The second kappa shape index (κ2) is 9.41. The lowest BCUT2D eigenvalue weighted by Crippen LogP contribution is -2.37. The van der Waals surface area contributed by atoms with Crippen molar-refractivity contribution in [3.63, 3.8) is 0 Å². The van der Waals surface area contributed by atoms with E-state index in [0.29, 0.717) is 17.9 Å². The molecule has 1 aromatic carbocycles. The van der Waals surface area contributed by atoms with Gasteiger partial charge in [-0.15, -0.1) is 0 Å². The topological polar surface area (TPSA) is 86.4 Å². The largest absolute Gasteiger partial charge is 0.480 e. The predicted molar refractivity (Wildman–Crippen MR) is 111 cm³/mol. The molecular weight excluding hydrogens is 370 g/mol. The summed E-state index contributed by atoms with van der Waals surface area (Å²) in [5.41, 5.74) is 1.84. The van der Waals surface area contributed by atoms with Gasteiger partial charge in [0, 0.05) is 42.5 Å². The molecule has 0 spiro atoms. The predicted octanol–water partition coefficient (Wildman–Crippen LogP) is 3.22. The fourth-order valence-electron chi connectivity index (χ4n) is 3.29. The van der Waals surface area contributed by atoms with E-state index in [0.717, 1.165) is 42.3 Å². The van der Waals surface area contributed by atoms with Crippen LogP contribution in [-0.2, 0) is 17.8 Å². The first-order valence-corrected chi connectivity index (χ1v) is 9.96. The van der Waals surface area contributed by atoms with Crippen molar-refractivity contribution in [1.29, 1.82) is 0 Å². The quantitative estimate of drug-likeness (QED) is 0.443. The average molecular weight is 397 g/mol. The van der Waals surface area contributed by atoms with Crippen molar-refractivity contribution in [2.45, 2.75) is 52.7 Å². The molecule has 0 saturated carbocycles. The van der Waals surface area contributed by atoms with Crippen molar-refractivity contribution in [1.82, 2.24) is 14.9 Å². The van der Waals surface area contributed by atoms with Crippen molar-refractivity contribution >= 4 is 16.9 Å². The van der Waals surface area contributed by atoms with Crippen molar-refractivity contribution in [3.8, 4) is 5.75 Å². The number of hydrogen-bond acceptors (Lipinski definition) is 5. The lowest BCUT2D eigenvalue weighted by atomic mass is 10.0. The Kier molecular flexibility index (Phi) is 6.69. The summed E-state index contributed by atoms with van der Waals surface area (Å²) in [5.74, 6) is 0.353. The number of rotatable bonds is 9. The highest BCUT2D eigenvalue weighted by atomic mass is 16.5. The van der Waals surface area contributed by atoms with E-state index in [2.05, 4.69) is 17.2 Å². The van der Waals surface area contributed by atoms with Crippen LogP contribution in [0, 0.1) is 6.92 Å². The van der Waals surface area contributed by atoms with Crippen LogP contribution < -0.4 is 15.7 Å². The van der Waals surface area contributed by atoms with E-state index in [4.69, 9.17) is 9.15 Å². The number of amides is 1. The molecule has 7 heteroatoms. The van der Waals surface area contributed by atoms with Crippen molar-refractivity contribution in [2.24, 2.45) is 0 Å². The molecule has 3 rings (SSSR count). The summed E-state index contributed by atoms with van der Waals surface area (Å²) in [6.07, 6.45) is 7.25. The Morgan fingerprint density at radius 2 is 2.21 bits per heavy atom. The second-order valence-corrected chi connectivity index (χ2v) is 7.11. The van der Waals surface area contributed by atoms with Gasteiger partial charge in [-0.05, 0) is 44.4 Å². The first-order valence-electron chi connectivity index (χ1n) is 9.96. The Morgan fingerprint density at radius 1 is 1.38 bits per heavy atom. The monoisotopic (exact) mass is 397 g/mol. The van der Waals surface area contributed by atoms with E-state index in [-0.39, 0.29) is 11.5 Å². The number of carbonyl (C=O) groups excluding carboxylic acids is 1. The Bertz CT molecular complexity index is 1020. The molecule has 3 aromatic rings. The van der Waals surface area contributed by atoms with Crippen LogP contribution in [0.15, 0.2) is 46.1 Å². The lowest BCUT2D eigenvalue weighted by molar-refractivity contribution is -0.127. The zero-order valence-corrected chi connectivity index (χ0v) is 17.1. The second-order valence-electron chi connectivity index (χ2n) is 7.11. The number of nitrogens with one attached hydrogen (secondary N) is 1. The van der Waals surface area contributed by atoms with Gasteiger partial charge >= 0.3 is 5.63 Å². The maximum atomic E-state index is 12.3. The third-order valence-corrected chi connectivity index (χ3v) is 4.84. The minimum Gasteiger partial charge on any atom is -0.480 e. The highest BCUT2D eigenvalue weighted by molar-refractivity contribution is 5.85. The fourth-order valence-corrected chi connectivity index (χ4v) is 3.29. The molecule has 0 aliphatic carbocycles. The number of nitrogens with zero attached hydrogens (tertiary/aromatic N) is 2. The van der Waals surface area contributed by atoms with Crippen LogP contribution in [0.1, 0.15) is 37.8 Å². The standard InChI is InChI=1S/C22H27N3O4/c1-4-6-17-13-20(26)29-21-15(2)19(8-7-18(17)21)28-16(3)22(27)24-9-5-11-25-12-10-23-14-25/h7-8,10,12-14,16H,4-6,9,11H2,1-3H3,(H,24,27)/t16-/m0/s1. The minimum atomic E-state index is -0.662. The van der Waals surface area contributed by atoms with E-state index >= 15 is 0 Å². The highest BCUT2D eigenvalue weighted by Gasteiger charge is 2.17. The molecule has 0 aliphatic heterocycles. The Morgan fingerprint density at radius 3 is 2.93 bits per heavy atom. The van der Waals surface area contributed by atoms with Crippen LogP contribution in [0.25, 0.3) is 11.0 Å². The summed E-state index contributed by atoms with van der Waals surface area (Å²) in [5, 5.41) is 3.80. The van der Waals surface area contributed by atoms with Gasteiger partial charge in [0.25, 0.3) is 5.91 Å². The van der Waals surface area contributed by atoms with E-state index in [1.807, 2.05) is 29.8 Å². The molecule has 0 aliphatic rings. The molecule has 0 unspecified atom stereocenters. The molecule has 1 N–H and O–H groups in total. The van der Waals surface area contributed by atoms with Gasteiger partial charge in [0.2, 0.25) is 0 Å². The van der Waals surface area contributed by atoms with Crippen LogP contribution in [0.3, 0.4) is 0 Å². The number of aryl methyl sites for hydroxylation is 3. The molecule has 29 heavy (non-hydrogen) atoms. The maximum Gasteiger partial charge on any atom is 0.336 e. The van der Waals surface area contributed by atoms with Gasteiger partial charge in [-0.25, -0.2) is 9.78 Å². The number of imidazole rings is 1. The van der Waals surface area contributed by atoms with Gasteiger partial charge in [-0.1, -0.05) is 13.3 Å². The first kappa shape index (κ1) is 20.6.